The number of ether oxygens (including phenoxy) is 1. The average Bonchev–Trinajstić information content (AvgIpc) is 2.46. The van der Waals surface area contributed by atoms with E-state index in [-0.39, 0.29) is 12.1 Å². The first-order chi connectivity index (χ1) is 10.9. The van der Waals surface area contributed by atoms with Crippen molar-refractivity contribution in [2.75, 3.05) is 13.1 Å². The standard InChI is InChI=1S/C19H28N2O2/c1-19(2,3)23-18(22)21-17-12-16(13-20-14-17)11-7-10-15-8-5-4-6-9-15/h4-10,16-17,20H,11-14H2,1-3H3,(H,21,22)/b10-7-/t16-,17-/m0/s1. The van der Waals surface area contributed by atoms with E-state index in [1.54, 1.807) is 0 Å². The summed E-state index contributed by atoms with van der Waals surface area (Å²) in [6.45, 7) is 7.43. The fourth-order valence-corrected chi connectivity index (χ4v) is 2.76. The number of allylic oxidation sites excluding steroid dienone is 1. The predicted octanol–water partition coefficient (Wildman–Crippen LogP) is 3.59. The van der Waals surface area contributed by atoms with Crippen LogP contribution >= 0.6 is 0 Å². The molecule has 4 heteroatoms. The number of piperidine rings is 1. The Morgan fingerprint density at radius 2 is 2.04 bits per heavy atom. The molecule has 0 radical (unpaired) electrons. The zero-order valence-corrected chi connectivity index (χ0v) is 14.3. The zero-order chi connectivity index (χ0) is 16.7. The monoisotopic (exact) mass is 316 g/mol. The topological polar surface area (TPSA) is 50.4 Å². The number of carbonyl (C=O) groups excluding carboxylic acids is 1. The highest BCUT2D eigenvalue weighted by molar-refractivity contribution is 5.68. The largest absolute Gasteiger partial charge is 0.444 e. The van der Waals surface area contributed by atoms with Gasteiger partial charge in [-0.1, -0.05) is 42.5 Å². The lowest BCUT2D eigenvalue weighted by Gasteiger charge is -2.31. The van der Waals surface area contributed by atoms with E-state index in [1.165, 1.54) is 5.56 Å². The fourth-order valence-electron chi connectivity index (χ4n) is 2.76. The van der Waals surface area contributed by atoms with Crippen molar-refractivity contribution >= 4 is 12.2 Å². The summed E-state index contributed by atoms with van der Waals surface area (Å²) in [4.78, 5) is 11.9. The van der Waals surface area contributed by atoms with Gasteiger partial charge in [0.2, 0.25) is 0 Å². The van der Waals surface area contributed by atoms with Crippen molar-refractivity contribution < 1.29 is 9.53 Å². The number of hydrogen-bond acceptors (Lipinski definition) is 3. The summed E-state index contributed by atoms with van der Waals surface area (Å²) in [5.74, 6) is 0.531. The molecular weight excluding hydrogens is 288 g/mol. The van der Waals surface area contributed by atoms with Gasteiger partial charge in [0.25, 0.3) is 0 Å². The minimum Gasteiger partial charge on any atom is -0.444 e. The van der Waals surface area contributed by atoms with Gasteiger partial charge in [0, 0.05) is 12.6 Å². The van der Waals surface area contributed by atoms with Crippen molar-refractivity contribution in [1.82, 2.24) is 10.6 Å². The van der Waals surface area contributed by atoms with Crippen molar-refractivity contribution in [3.63, 3.8) is 0 Å². The number of carbonyl (C=O) groups is 1. The molecule has 4 nitrogen and oxygen atoms in total. The first-order valence-corrected chi connectivity index (χ1v) is 8.34. The normalized spacial score (nSPS) is 22.0. The van der Waals surface area contributed by atoms with Gasteiger partial charge in [0.15, 0.2) is 0 Å². The molecule has 2 N–H and O–H groups in total. The molecule has 1 saturated heterocycles. The van der Waals surface area contributed by atoms with E-state index in [0.29, 0.717) is 5.92 Å². The molecule has 23 heavy (non-hydrogen) atoms. The maximum Gasteiger partial charge on any atom is 0.407 e. The fraction of sp³-hybridized carbons (Fsp3) is 0.526. The van der Waals surface area contributed by atoms with E-state index in [2.05, 4.69) is 34.9 Å². The van der Waals surface area contributed by atoms with Crippen LogP contribution in [-0.2, 0) is 4.74 Å². The molecule has 0 bridgehead atoms. The third kappa shape index (κ3) is 6.87. The second-order valence-electron chi connectivity index (χ2n) is 7.15. The minimum atomic E-state index is -0.454. The third-order valence-electron chi connectivity index (χ3n) is 3.74. The molecule has 0 aliphatic carbocycles. The number of benzene rings is 1. The summed E-state index contributed by atoms with van der Waals surface area (Å²) in [5.41, 5.74) is 0.768. The van der Waals surface area contributed by atoms with E-state index in [9.17, 15) is 4.79 Å². The van der Waals surface area contributed by atoms with Crippen molar-refractivity contribution in [2.45, 2.75) is 45.3 Å². The highest BCUT2D eigenvalue weighted by Gasteiger charge is 2.24. The molecule has 1 aromatic rings. The zero-order valence-electron chi connectivity index (χ0n) is 14.3. The minimum absolute atomic E-state index is 0.133. The first-order valence-electron chi connectivity index (χ1n) is 8.34. The maximum atomic E-state index is 11.9. The molecule has 1 aromatic carbocycles. The van der Waals surface area contributed by atoms with Crippen LogP contribution in [-0.4, -0.2) is 30.8 Å². The predicted molar refractivity (Wildman–Crippen MR) is 94.2 cm³/mol. The van der Waals surface area contributed by atoms with Gasteiger partial charge in [-0.2, -0.15) is 0 Å². The van der Waals surface area contributed by atoms with Gasteiger partial charge in [-0.3, -0.25) is 0 Å². The summed E-state index contributed by atoms with van der Waals surface area (Å²) in [6, 6.07) is 10.4. The lowest BCUT2D eigenvalue weighted by atomic mass is 9.92. The summed E-state index contributed by atoms with van der Waals surface area (Å²) < 4.78 is 5.32. The summed E-state index contributed by atoms with van der Waals surface area (Å²) >= 11 is 0. The van der Waals surface area contributed by atoms with E-state index in [0.717, 1.165) is 25.9 Å². The number of hydrogen-bond donors (Lipinski definition) is 2. The number of amides is 1. The molecule has 1 amide bonds. The maximum absolute atomic E-state index is 11.9. The molecule has 0 aromatic heterocycles. The Labute approximate surface area is 139 Å². The highest BCUT2D eigenvalue weighted by Crippen LogP contribution is 2.17. The van der Waals surface area contributed by atoms with E-state index in [1.807, 2.05) is 39.0 Å². The molecule has 1 aliphatic rings. The lowest BCUT2D eigenvalue weighted by Crippen LogP contribution is -2.49. The Morgan fingerprint density at radius 3 is 2.74 bits per heavy atom. The van der Waals surface area contributed by atoms with Crippen molar-refractivity contribution in [1.29, 1.82) is 0 Å². The summed E-state index contributed by atoms with van der Waals surface area (Å²) in [7, 11) is 0. The SMILES string of the molecule is CC(C)(C)OC(=O)N[C@@H]1CNC[C@@H](C/C=C\c2ccccc2)C1. The second kappa shape index (κ2) is 8.16. The van der Waals surface area contributed by atoms with E-state index < -0.39 is 5.60 Å². The van der Waals surface area contributed by atoms with Gasteiger partial charge >= 0.3 is 6.09 Å². The summed E-state index contributed by atoms with van der Waals surface area (Å²) in [6.07, 6.45) is 6.03. The van der Waals surface area contributed by atoms with Gasteiger partial charge in [0.1, 0.15) is 5.60 Å². The molecule has 1 fully saturated rings. The Kier molecular flexibility index (Phi) is 6.22. The van der Waals surface area contributed by atoms with E-state index in [4.69, 9.17) is 4.74 Å². The molecule has 0 unspecified atom stereocenters. The third-order valence-corrected chi connectivity index (χ3v) is 3.74. The van der Waals surface area contributed by atoms with Gasteiger partial charge in [0.05, 0.1) is 0 Å². The number of nitrogens with one attached hydrogen (secondary N) is 2. The van der Waals surface area contributed by atoms with Crippen LogP contribution in [0.25, 0.3) is 6.08 Å². The van der Waals surface area contributed by atoms with Crippen LogP contribution in [0.2, 0.25) is 0 Å². The average molecular weight is 316 g/mol. The van der Waals surface area contributed by atoms with Crippen LogP contribution in [0.3, 0.4) is 0 Å². The number of rotatable bonds is 4. The Morgan fingerprint density at radius 1 is 1.30 bits per heavy atom. The van der Waals surface area contributed by atoms with Crippen LogP contribution < -0.4 is 10.6 Å². The summed E-state index contributed by atoms with van der Waals surface area (Å²) in [5, 5.41) is 6.36. The Hall–Kier alpha value is -1.81. The van der Waals surface area contributed by atoms with Gasteiger partial charge in [-0.15, -0.1) is 0 Å². The van der Waals surface area contributed by atoms with Crippen LogP contribution in [0.15, 0.2) is 36.4 Å². The van der Waals surface area contributed by atoms with Crippen LogP contribution in [0.4, 0.5) is 4.79 Å². The Bertz CT molecular complexity index is 520. The molecule has 1 heterocycles. The van der Waals surface area contributed by atoms with Gasteiger partial charge < -0.3 is 15.4 Å². The second-order valence-corrected chi connectivity index (χ2v) is 7.15. The first kappa shape index (κ1) is 17.5. The lowest BCUT2D eigenvalue weighted by molar-refractivity contribution is 0.0490. The molecule has 0 saturated carbocycles. The molecule has 2 rings (SSSR count). The van der Waals surface area contributed by atoms with Crippen molar-refractivity contribution in [3.05, 3.63) is 42.0 Å². The van der Waals surface area contributed by atoms with Gasteiger partial charge in [-0.05, 0) is 51.6 Å². The molecule has 0 spiro atoms. The van der Waals surface area contributed by atoms with E-state index >= 15 is 0 Å². The van der Waals surface area contributed by atoms with Crippen molar-refractivity contribution in [3.8, 4) is 0 Å². The number of alkyl carbamates (subject to hydrolysis) is 1. The molecule has 126 valence electrons. The molecule has 2 atom stereocenters. The van der Waals surface area contributed by atoms with Crippen LogP contribution in [0.5, 0.6) is 0 Å². The highest BCUT2D eigenvalue weighted by atomic mass is 16.6. The quantitative estimate of drug-likeness (QED) is 0.892. The Balaban J connectivity index is 1.77. The van der Waals surface area contributed by atoms with Crippen LogP contribution in [0, 0.1) is 5.92 Å². The molecule has 1 aliphatic heterocycles. The molecular formula is C19H28N2O2. The van der Waals surface area contributed by atoms with Gasteiger partial charge in [-0.25, -0.2) is 4.79 Å². The van der Waals surface area contributed by atoms with Crippen molar-refractivity contribution in [2.24, 2.45) is 5.92 Å². The smallest absolute Gasteiger partial charge is 0.407 e. The van der Waals surface area contributed by atoms with Crippen LogP contribution in [0.1, 0.15) is 39.2 Å².